The maximum Gasteiger partial charge on any atom is 0.244 e. The van der Waals surface area contributed by atoms with Crippen LogP contribution in [0.2, 0.25) is 0 Å². The van der Waals surface area contributed by atoms with Gasteiger partial charge in [-0.1, -0.05) is 0 Å². The van der Waals surface area contributed by atoms with E-state index in [2.05, 4.69) is 9.97 Å². The van der Waals surface area contributed by atoms with Gasteiger partial charge in [-0.2, -0.15) is 4.31 Å². The van der Waals surface area contributed by atoms with E-state index >= 15 is 0 Å². The Labute approximate surface area is 116 Å². The summed E-state index contributed by atoms with van der Waals surface area (Å²) < 4.78 is 25.9. The maximum atomic E-state index is 12.3. The van der Waals surface area contributed by atoms with Gasteiger partial charge in [0.2, 0.25) is 10.0 Å². The van der Waals surface area contributed by atoms with E-state index in [4.69, 9.17) is 5.73 Å². The zero-order chi connectivity index (χ0) is 14.0. The summed E-state index contributed by atoms with van der Waals surface area (Å²) >= 11 is 1.51. The van der Waals surface area contributed by atoms with Crippen molar-refractivity contribution in [1.29, 1.82) is 0 Å². The van der Waals surface area contributed by atoms with Crippen LogP contribution in [0, 0.1) is 6.92 Å². The largest absolute Gasteiger partial charge is 0.363 e. The third-order valence-corrected chi connectivity index (χ3v) is 5.30. The van der Waals surface area contributed by atoms with Crippen molar-refractivity contribution >= 4 is 21.4 Å². The summed E-state index contributed by atoms with van der Waals surface area (Å²) in [6.45, 7) is 2.43. The molecule has 0 aliphatic heterocycles. The van der Waals surface area contributed by atoms with Crippen molar-refractivity contribution in [3.8, 4) is 0 Å². The number of aromatic amines is 1. The fourth-order valence-corrected chi connectivity index (χ4v) is 3.42. The van der Waals surface area contributed by atoms with Crippen LogP contribution in [0.1, 0.15) is 16.4 Å². The number of hydrogen-bond acceptors (Lipinski definition) is 5. The molecular formula is C11H16N4O2S2. The number of nitrogens with one attached hydrogen (secondary N) is 1. The number of nitrogens with two attached hydrogens (primary N) is 1. The van der Waals surface area contributed by atoms with E-state index in [1.54, 1.807) is 13.1 Å². The van der Waals surface area contributed by atoms with Gasteiger partial charge in [0, 0.05) is 30.9 Å². The van der Waals surface area contributed by atoms with Crippen LogP contribution in [0.5, 0.6) is 0 Å². The molecule has 8 heteroatoms. The quantitative estimate of drug-likeness (QED) is 0.863. The van der Waals surface area contributed by atoms with E-state index in [0.29, 0.717) is 5.69 Å². The first-order valence-electron chi connectivity index (χ1n) is 5.68. The molecule has 2 aromatic heterocycles. The number of sulfonamides is 1. The molecule has 19 heavy (non-hydrogen) atoms. The van der Waals surface area contributed by atoms with Crippen LogP contribution in [0.4, 0.5) is 0 Å². The average Bonchev–Trinajstić information content (AvgIpc) is 2.98. The van der Waals surface area contributed by atoms with Crippen LogP contribution in [0.15, 0.2) is 22.5 Å². The normalized spacial score (nSPS) is 12.2. The Hall–Kier alpha value is -1.22. The predicted molar refractivity (Wildman–Crippen MR) is 74.2 cm³/mol. The van der Waals surface area contributed by atoms with Gasteiger partial charge in [-0.05, 0) is 13.0 Å². The number of nitrogens with zero attached hydrogens (tertiary/aromatic N) is 2. The molecule has 3 N–H and O–H groups in total. The number of thiazole rings is 1. The molecule has 0 aliphatic carbocycles. The van der Waals surface area contributed by atoms with Gasteiger partial charge in [-0.15, -0.1) is 11.3 Å². The van der Waals surface area contributed by atoms with Crippen molar-refractivity contribution < 1.29 is 8.42 Å². The fraction of sp³-hybridized carbons (Fsp3) is 0.364. The molecule has 6 nitrogen and oxygen atoms in total. The summed E-state index contributed by atoms with van der Waals surface area (Å²) in [5.41, 5.74) is 6.90. The third-order valence-electron chi connectivity index (χ3n) is 2.70. The van der Waals surface area contributed by atoms with E-state index in [9.17, 15) is 8.42 Å². The van der Waals surface area contributed by atoms with Gasteiger partial charge in [-0.3, -0.25) is 0 Å². The van der Waals surface area contributed by atoms with E-state index in [1.165, 1.54) is 21.8 Å². The van der Waals surface area contributed by atoms with Gasteiger partial charge < -0.3 is 10.7 Å². The van der Waals surface area contributed by atoms with Crippen LogP contribution < -0.4 is 5.73 Å². The second-order valence-electron chi connectivity index (χ2n) is 4.18. The van der Waals surface area contributed by atoms with Crippen molar-refractivity contribution in [2.75, 3.05) is 7.05 Å². The highest BCUT2D eigenvalue weighted by Gasteiger charge is 2.22. The molecule has 2 heterocycles. The van der Waals surface area contributed by atoms with Crippen molar-refractivity contribution in [3.63, 3.8) is 0 Å². The molecule has 0 unspecified atom stereocenters. The standard InChI is InChI=1S/C11H16N4O2S2/c1-8-14-10(7-18-8)6-15(2)19(16,17)11-3-9(4-12)13-5-11/h3,5,7,13H,4,6,12H2,1-2H3. The number of rotatable bonds is 5. The van der Waals surface area contributed by atoms with Gasteiger partial charge in [0.25, 0.3) is 0 Å². The van der Waals surface area contributed by atoms with Gasteiger partial charge in [0.1, 0.15) is 0 Å². The smallest absolute Gasteiger partial charge is 0.244 e. The first-order chi connectivity index (χ1) is 8.93. The molecular weight excluding hydrogens is 284 g/mol. The highest BCUT2D eigenvalue weighted by molar-refractivity contribution is 7.89. The Morgan fingerprint density at radius 3 is 2.79 bits per heavy atom. The van der Waals surface area contributed by atoms with Crippen LogP contribution in [-0.2, 0) is 23.1 Å². The monoisotopic (exact) mass is 300 g/mol. The Kier molecular flexibility index (Phi) is 4.04. The Bertz CT molecular complexity index is 660. The SMILES string of the molecule is Cc1nc(CN(C)S(=O)(=O)c2c[nH]c(CN)c2)cs1. The zero-order valence-electron chi connectivity index (χ0n) is 10.8. The predicted octanol–water partition coefficient (Wildman–Crippen LogP) is 1.06. The lowest BCUT2D eigenvalue weighted by Gasteiger charge is -2.14. The second kappa shape index (κ2) is 5.41. The minimum Gasteiger partial charge on any atom is -0.363 e. The molecule has 0 bridgehead atoms. The van der Waals surface area contributed by atoms with E-state index in [1.807, 2.05) is 12.3 Å². The summed E-state index contributed by atoms with van der Waals surface area (Å²) in [5, 5.41) is 2.79. The molecule has 0 aromatic carbocycles. The van der Waals surface area contributed by atoms with E-state index in [-0.39, 0.29) is 18.0 Å². The van der Waals surface area contributed by atoms with E-state index in [0.717, 1.165) is 10.7 Å². The van der Waals surface area contributed by atoms with Crippen molar-refractivity contribution in [2.24, 2.45) is 5.73 Å². The Morgan fingerprint density at radius 1 is 1.53 bits per heavy atom. The lowest BCUT2D eigenvalue weighted by Crippen LogP contribution is -2.26. The zero-order valence-corrected chi connectivity index (χ0v) is 12.4. The molecule has 0 saturated carbocycles. The molecule has 0 aliphatic rings. The van der Waals surface area contributed by atoms with Crippen molar-refractivity contribution in [3.05, 3.63) is 34.0 Å². The van der Waals surface area contributed by atoms with Crippen molar-refractivity contribution in [1.82, 2.24) is 14.3 Å². The van der Waals surface area contributed by atoms with Crippen LogP contribution in [0.25, 0.3) is 0 Å². The molecule has 0 saturated heterocycles. The Balaban J connectivity index is 2.19. The maximum absolute atomic E-state index is 12.3. The van der Waals surface area contributed by atoms with Gasteiger partial charge >= 0.3 is 0 Å². The van der Waals surface area contributed by atoms with Gasteiger partial charge in [0.05, 0.1) is 22.1 Å². The first-order valence-corrected chi connectivity index (χ1v) is 8.00. The molecule has 0 atom stereocenters. The summed E-state index contributed by atoms with van der Waals surface area (Å²) in [7, 11) is -1.97. The van der Waals surface area contributed by atoms with Crippen LogP contribution in [0.3, 0.4) is 0 Å². The molecule has 0 amide bonds. The number of aromatic nitrogens is 2. The van der Waals surface area contributed by atoms with E-state index < -0.39 is 10.0 Å². The second-order valence-corrected chi connectivity index (χ2v) is 7.29. The minimum absolute atomic E-state index is 0.224. The summed E-state index contributed by atoms with van der Waals surface area (Å²) in [6.07, 6.45) is 1.46. The lowest BCUT2D eigenvalue weighted by atomic mass is 10.4. The van der Waals surface area contributed by atoms with Gasteiger partial charge in [0.15, 0.2) is 0 Å². The number of hydrogen-bond donors (Lipinski definition) is 2. The topological polar surface area (TPSA) is 92.1 Å². The lowest BCUT2D eigenvalue weighted by molar-refractivity contribution is 0.463. The summed E-state index contributed by atoms with van der Waals surface area (Å²) in [6, 6.07) is 1.55. The Morgan fingerprint density at radius 2 is 2.26 bits per heavy atom. The average molecular weight is 300 g/mol. The summed E-state index contributed by atoms with van der Waals surface area (Å²) in [5.74, 6) is 0. The van der Waals surface area contributed by atoms with Gasteiger partial charge in [-0.25, -0.2) is 13.4 Å². The highest BCUT2D eigenvalue weighted by Crippen LogP contribution is 2.18. The van der Waals surface area contributed by atoms with Crippen LogP contribution in [-0.4, -0.2) is 29.7 Å². The summed E-state index contributed by atoms with van der Waals surface area (Å²) in [4.78, 5) is 7.33. The number of aryl methyl sites for hydroxylation is 1. The molecule has 2 aromatic rings. The van der Waals surface area contributed by atoms with Crippen molar-refractivity contribution in [2.45, 2.75) is 24.9 Å². The fourth-order valence-electron chi connectivity index (χ4n) is 1.66. The molecule has 2 rings (SSSR count). The molecule has 104 valence electrons. The molecule has 0 radical (unpaired) electrons. The minimum atomic E-state index is -3.51. The first kappa shape index (κ1) is 14.2. The third kappa shape index (κ3) is 3.03. The number of H-pyrrole nitrogens is 1. The molecule has 0 fully saturated rings. The molecule has 0 spiro atoms. The highest BCUT2D eigenvalue weighted by atomic mass is 32.2. The van der Waals surface area contributed by atoms with Crippen LogP contribution >= 0.6 is 11.3 Å².